The minimum atomic E-state index is -0.237. The highest BCUT2D eigenvalue weighted by molar-refractivity contribution is 5.92. The number of nitrogens with one attached hydrogen (secondary N) is 1. The lowest BCUT2D eigenvalue weighted by Gasteiger charge is -2.10. The molecular formula is C18H19N5O2. The molecule has 3 aromatic heterocycles. The Morgan fingerprint density at radius 1 is 1.24 bits per heavy atom. The third-order valence-electron chi connectivity index (χ3n) is 3.59. The van der Waals surface area contributed by atoms with Crippen molar-refractivity contribution >= 4 is 5.91 Å². The van der Waals surface area contributed by atoms with E-state index in [0.29, 0.717) is 23.9 Å². The quantitative estimate of drug-likeness (QED) is 0.748. The first-order valence-corrected chi connectivity index (χ1v) is 8.01. The fourth-order valence-electron chi connectivity index (χ4n) is 2.20. The third kappa shape index (κ3) is 4.20. The number of rotatable bonds is 6. The molecule has 0 fully saturated rings. The van der Waals surface area contributed by atoms with Crippen LogP contribution >= 0.6 is 0 Å². The largest absolute Gasteiger partial charge is 0.437 e. The summed E-state index contributed by atoms with van der Waals surface area (Å²) in [6.07, 6.45) is 5.06. The molecule has 3 heterocycles. The number of hydrogen-bond donors (Lipinski definition) is 1. The fourth-order valence-corrected chi connectivity index (χ4v) is 2.20. The fraction of sp³-hybridized carbons (Fsp3) is 0.222. The first kappa shape index (κ1) is 16.6. The van der Waals surface area contributed by atoms with Gasteiger partial charge in [-0.1, -0.05) is 6.07 Å². The average Bonchev–Trinajstić information content (AvgIpc) is 3.12. The number of pyridine rings is 2. The molecule has 3 aromatic rings. The molecule has 128 valence electrons. The van der Waals surface area contributed by atoms with Crippen LogP contribution in [0, 0.1) is 6.92 Å². The van der Waals surface area contributed by atoms with Crippen molar-refractivity contribution in [2.75, 3.05) is 0 Å². The van der Waals surface area contributed by atoms with Gasteiger partial charge in [-0.05, 0) is 38.1 Å². The summed E-state index contributed by atoms with van der Waals surface area (Å²) in [7, 11) is 0. The summed E-state index contributed by atoms with van der Waals surface area (Å²) < 4.78 is 7.49. The number of carbonyl (C=O) groups is 1. The van der Waals surface area contributed by atoms with Gasteiger partial charge in [0.1, 0.15) is 11.4 Å². The summed E-state index contributed by atoms with van der Waals surface area (Å²) in [5, 5.41) is 7.03. The molecule has 3 rings (SSSR count). The second-order valence-corrected chi connectivity index (χ2v) is 5.44. The number of hydrogen-bond acceptors (Lipinski definition) is 5. The number of aromatic nitrogens is 4. The Labute approximate surface area is 145 Å². The van der Waals surface area contributed by atoms with Crippen LogP contribution in [-0.4, -0.2) is 25.7 Å². The van der Waals surface area contributed by atoms with Gasteiger partial charge in [0.2, 0.25) is 5.88 Å². The number of aryl methyl sites for hydroxylation is 2. The number of amides is 1. The molecule has 0 unspecified atom stereocenters. The molecule has 0 aliphatic rings. The number of ether oxygens (including phenoxy) is 1. The molecule has 0 aliphatic heterocycles. The summed E-state index contributed by atoms with van der Waals surface area (Å²) in [6.45, 7) is 4.89. The summed E-state index contributed by atoms with van der Waals surface area (Å²) in [6, 6.07) is 9.04. The van der Waals surface area contributed by atoms with E-state index in [2.05, 4.69) is 20.4 Å². The topological polar surface area (TPSA) is 81.9 Å². The van der Waals surface area contributed by atoms with Crippen molar-refractivity contribution in [1.82, 2.24) is 25.1 Å². The van der Waals surface area contributed by atoms with Gasteiger partial charge in [-0.3, -0.25) is 14.5 Å². The molecule has 0 aliphatic carbocycles. The monoisotopic (exact) mass is 337 g/mol. The Kier molecular flexibility index (Phi) is 5.03. The van der Waals surface area contributed by atoms with Crippen LogP contribution in [0.15, 0.2) is 48.9 Å². The minimum absolute atomic E-state index is 0.237. The van der Waals surface area contributed by atoms with Crippen molar-refractivity contribution in [2.24, 2.45) is 0 Å². The molecule has 7 nitrogen and oxygen atoms in total. The molecule has 1 N–H and O–H groups in total. The minimum Gasteiger partial charge on any atom is -0.437 e. The van der Waals surface area contributed by atoms with E-state index in [1.807, 2.05) is 32.0 Å². The van der Waals surface area contributed by atoms with E-state index >= 15 is 0 Å². The molecule has 0 saturated heterocycles. The van der Waals surface area contributed by atoms with Crippen LogP contribution in [0.3, 0.4) is 0 Å². The molecule has 25 heavy (non-hydrogen) atoms. The Morgan fingerprint density at radius 3 is 2.84 bits per heavy atom. The summed E-state index contributed by atoms with van der Waals surface area (Å²) in [5.41, 5.74) is 2.06. The van der Waals surface area contributed by atoms with Crippen molar-refractivity contribution < 1.29 is 9.53 Å². The van der Waals surface area contributed by atoms with Crippen LogP contribution in [0.25, 0.3) is 0 Å². The van der Waals surface area contributed by atoms with E-state index in [0.717, 1.165) is 17.8 Å². The molecule has 1 amide bonds. The molecule has 7 heteroatoms. The van der Waals surface area contributed by atoms with Gasteiger partial charge >= 0.3 is 0 Å². The highest BCUT2D eigenvalue weighted by Crippen LogP contribution is 2.22. The molecule has 0 aromatic carbocycles. The Bertz CT molecular complexity index is 858. The van der Waals surface area contributed by atoms with Gasteiger partial charge in [0, 0.05) is 36.7 Å². The highest BCUT2D eigenvalue weighted by Gasteiger charge is 2.11. The van der Waals surface area contributed by atoms with Gasteiger partial charge < -0.3 is 10.1 Å². The Hall–Kier alpha value is -3.22. The van der Waals surface area contributed by atoms with Gasteiger partial charge in [0.15, 0.2) is 0 Å². The zero-order valence-corrected chi connectivity index (χ0v) is 14.1. The van der Waals surface area contributed by atoms with E-state index in [1.165, 1.54) is 0 Å². The standard InChI is InChI=1S/C18H19N5O2/c1-3-23-10-8-16(22-23)17(24)21-11-14-5-4-9-19-18(14)25-15-7-6-13(2)20-12-15/h4-10,12H,3,11H2,1-2H3,(H,21,24). The van der Waals surface area contributed by atoms with Gasteiger partial charge in [-0.25, -0.2) is 4.98 Å². The predicted octanol–water partition coefficient (Wildman–Crippen LogP) is 2.72. The van der Waals surface area contributed by atoms with E-state index < -0.39 is 0 Å². The SMILES string of the molecule is CCn1ccc(C(=O)NCc2cccnc2Oc2ccc(C)nc2)n1. The average molecular weight is 337 g/mol. The highest BCUT2D eigenvalue weighted by atomic mass is 16.5. The maximum Gasteiger partial charge on any atom is 0.272 e. The summed E-state index contributed by atoms with van der Waals surface area (Å²) in [4.78, 5) is 20.6. The Morgan fingerprint density at radius 2 is 2.12 bits per heavy atom. The lowest BCUT2D eigenvalue weighted by atomic mass is 10.2. The van der Waals surface area contributed by atoms with Crippen molar-refractivity contribution in [2.45, 2.75) is 26.9 Å². The summed E-state index contributed by atoms with van der Waals surface area (Å²) in [5.74, 6) is 0.796. The number of carbonyl (C=O) groups excluding carboxylic acids is 1. The normalized spacial score (nSPS) is 10.5. The van der Waals surface area contributed by atoms with Crippen LogP contribution in [-0.2, 0) is 13.1 Å². The van der Waals surface area contributed by atoms with Crippen molar-refractivity contribution in [3.05, 3.63) is 65.9 Å². The molecule has 0 saturated carbocycles. The Balaban J connectivity index is 1.68. The number of nitrogens with zero attached hydrogens (tertiary/aromatic N) is 4. The maximum absolute atomic E-state index is 12.2. The molecule has 0 radical (unpaired) electrons. The van der Waals surface area contributed by atoms with Crippen molar-refractivity contribution in [1.29, 1.82) is 0 Å². The van der Waals surface area contributed by atoms with E-state index in [-0.39, 0.29) is 5.91 Å². The zero-order valence-electron chi connectivity index (χ0n) is 14.1. The first-order valence-electron chi connectivity index (χ1n) is 8.01. The molecular weight excluding hydrogens is 318 g/mol. The lowest BCUT2D eigenvalue weighted by Crippen LogP contribution is -2.23. The van der Waals surface area contributed by atoms with E-state index in [1.54, 1.807) is 35.4 Å². The van der Waals surface area contributed by atoms with Gasteiger partial charge in [-0.15, -0.1) is 0 Å². The smallest absolute Gasteiger partial charge is 0.272 e. The van der Waals surface area contributed by atoms with E-state index in [9.17, 15) is 4.79 Å². The second-order valence-electron chi connectivity index (χ2n) is 5.44. The van der Waals surface area contributed by atoms with Gasteiger partial charge in [-0.2, -0.15) is 5.10 Å². The van der Waals surface area contributed by atoms with E-state index in [4.69, 9.17) is 4.74 Å². The van der Waals surface area contributed by atoms with Crippen molar-refractivity contribution in [3.63, 3.8) is 0 Å². The summed E-state index contributed by atoms with van der Waals surface area (Å²) >= 11 is 0. The van der Waals surface area contributed by atoms with Crippen LogP contribution in [0.1, 0.15) is 28.7 Å². The van der Waals surface area contributed by atoms with Crippen LogP contribution < -0.4 is 10.1 Å². The van der Waals surface area contributed by atoms with Crippen LogP contribution in [0.4, 0.5) is 0 Å². The third-order valence-corrected chi connectivity index (χ3v) is 3.59. The predicted molar refractivity (Wildman–Crippen MR) is 92.4 cm³/mol. The van der Waals surface area contributed by atoms with Crippen LogP contribution in [0.2, 0.25) is 0 Å². The zero-order chi connectivity index (χ0) is 17.6. The lowest BCUT2D eigenvalue weighted by molar-refractivity contribution is 0.0945. The van der Waals surface area contributed by atoms with Crippen LogP contribution in [0.5, 0.6) is 11.6 Å². The second kappa shape index (κ2) is 7.57. The maximum atomic E-state index is 12.2. The molecule has 0 bridgehead atoms. The molecule has 0 atom stereocenters. The van der Waals surface area contributed by atoms with Gasteiger partial charge in [0.05, 0.1) is 6.20 Å². The van der Waals surface area contributed by atoms with Gasteiger partial charge in [0.25, 0.3) is 5.91 Å². The molecule has 0 spiro atoms. The van der Waals surface area contributed by atoms with Crippen molar-refractivity contribution in [3.8, 4) is 11.6 Å². The first-order chi connectivity index (χ1) is 12.2.